The van der Waals surface area contributed by atoms with Crippen LogP contribution in [0.3, 0.4) is 0 Å². The Morgan fingerprint density at radius 1 is 1.35 bits per heavy atom. The highest BCUT2D eigenvalue weighted by molar-refractivity contribution is 5.98. The van der Waals surface area contributed by atoms with Gasteiger partial charge >= 0.3 is 6.03 Å². The second-order valence-electron chi connectivity index (χ2n) is 3.72. The molecule has 0 aliphatic rings. The van der Waals surface area contributed by atoms with E-state index in [-0.39, 0.29) is 6.03 Å². The van der Waals surface area contributed by atoms with E-state index in [1.807, 2.05) is 6.92 Å². The molecule has 0 aliphatic heterocycles. The number of primary amides is 1. The fourth-order valence-electron chi connectivity index (χ4n) is 1.44. The molecular weight excluding hydrogens is 218 g/mol. The number of anilines is 1. The number of carbonyl (C=O) groups is 2. The zero-order chi connectivity index (χ0) is 12.8. The second kappa shape index (κ2) is 5.89. The molecule has 0 heterocycles. The summed E-state index contributed by atoms with van der Waals surface area (Å²) in [5.41, 5.74) is 6.91. The van der Waals surface area contributed by atoms with Crippen LogP contribution in [0.4, 0.5) is 10.5 Å². The van der Waals surface area contributed by atoms with Crippen LogP contribution in [0.15, 0.2) is 18.2 Å². The van der Waals surface area contributed by atoms with Crippen LogP contribution in [0, 0.1) is 6.92 Å². The lowest BCUT2D eigenvalue weighted by Gasteiger charge is -2.11. The SMILES string of the molecule is CCCNC(=O)Nc1cccc(C(N)=O)c1C. The Morgan fingerprint density at radius 3 is 2.65 bits per heavy atom. The van der Waals surface area contributed by atoms with Crippen molar-refractivity contribution in [1.29, 1.82) is 0 Å². The maximum absolute atomic E-state index is 11.5. The molecule has 0 atom stereocenters. The Bertz CT molecular complexity index is 430. The topological polar surface area (TPSA) is 84.2 Å². The quantitative estimate of drug-likeness (QED) is 0.741. The van der Waals surface area contributed by atoms with Crippen LogP contribution in [-0.2, 0) is 0 Å². The lowest BCUT2D eigenvalue weighted by Crippen LogP contribution is -2.29. The Balaban J connectivity index is 2.81. The third-order valence-corrected chi connectivity index (χ3v) is 2.38. The van der Waals surface area contributed by atoms with Crippen molar-refractivity contribution in [2.24, 2.45) is 5.73 Å². The number of hydrogen-bond donors (Lipinski definition) is 3. The average Bonchev–Trinajstić information content (AvgIpc) is 2.28. The minimum Gasteiger partial charge on any atom is -0.366 e. The van der Waals surface area contributed by atoms with Gasteiger partial charge in [-0.2, -0.15) is 0 Å². The maximum atomic E-state index is 11.5. The lowest BCUT2D eigenvalue weighted by atomic mass is 10.1. The Morgan fingerprint density at radius 2 is 2.06 bits per heavy atom. The van der Waals surface area contributed by atoms with Crippen molar-refractivity contribution in [3.05, 3.63) is 29.3 Å². The average molecular weight is 235 g/mol. The van der Waals surface area contributed by atoms with Gasteiger partial charge in [-0.1, -0.05) is 13.0 Å². The van der Waals surface area contributed by atoms with Gasteiger partial charge in [-0.25, -0.2) is 4.79 Å². The van der Waals surface area contributed by atoms with Crippen molar-refractivity contribution in [3.8, 4) is 0 Å². The number of benzene rings is 1. The summed E-state index contributed by atoms with van der Waals surface area (Å²) in [7, 11) is 0. The monoisotopic (exact) mass is 235 g/mol. The van der Waals surface area contributed by atoms with E-state index in [1.165, 1.54) is 0 Å². The molecule has 5 nitrogen and oxygen atoms in total. The van der Waals surface area contributed by atoms with Gasteiger partial charge in [0.1, 0.15) is 0 Å². The van der Waals surface area contributed by atoms with Gasteiger partial charge in [0.2, 0.25) is 5.91 Å². The molecule has 0 bridgehead atoms. The van der Waals surface area contributed by atoms with Crippen LogP contribution in [0.2, 0.25) is 0 Å². The van der Waals surface area contributed by atoms with Gasteiger partial charge in [0.25, 0.3) is 0 Å². The Labute approximate surface area is 100 Å². The number of nitrogens with one attached hydrogen (secondary N) is 2. The van der Waals surface area contributed by atoms with Crippen LogP contribution in [-0.4, -0.2) is 18.5 Å². The number of nitrogens with two attached hydrogens (primary N) is 1. The number of carbonyl (C=O) groups excluding carboxylic acids is 2. The minimum atomic E-state index is -0.500. The van der Waals surface area contributed by atoms with Crippen molar-refractivity contribution in [2.75, 3.05) is 11.9 Å². The van der Waals surface area contributed by atoms with Gasteiger partial charge in [-0.05, 0) is 31.0 Å². The third-order valence-electron chi connectivity index (χ3n) is 2.38. The molecule has 0 saturated heterocycles. The van der Waals surface area contributed by atoms with Gasteiger partial charge in [0, 0.05) is 17.8 Å². The summed E-state index contributed by atoms with van der Waals surface area (Å²) < 4.78 is 0. The summed E-state index contributed by atoms with van der Waals surface area (Å²) in [6.45, 7) is 4.33. The molecule has 0 spiro atoms. The number of urea groups is 1. The van der Waals surface area contributed by atoms with Crippen LogP contribution in [0.1, 0.15) is 29.3 Å². The molecule has 1 aromatic rings. The fourth-order valence-corrected chi connectivity index (χ4v) is 1.44. The molecule has 3 amide bonds. The van der Waals surface area contributed by atoms with Gasteiger partial charge in [-0.3, -0.25) is 4.79 Å². The summed E-state index contributed by atoms with van der Waals surface area (Å²) in [5.74, 6) is -0.500. The van der Waals surface area contributed by atoms with Crippen LogP contribution >= 0.6 is 0 Å². The van der Waals surface area contributed by atoms with Crippen molar-refractivity contribution in [1.82, 2.24) is 5.32 Å². The molecule has 0 saturated carbocycles. The molecule has 92 valence electrons. The van der Waals surface area contributed by atoms with Crippen LogP contribution in [0.5, 0.6) is 0 Å². The summed E-state index contributed by atoms with van der Waals surface area (Å²) in [6.07, 6.45) is 0.869. The molecule has 0 radical (unpaired) electrons. The largest absolute Gasteiger partial charge is 0.366 e. The van der Waals surface area contributed by atoms with Crippen molar-refractivity contribution in [2.45, 2.75) is 20.3 Å². The van der Waals surface area contributed by atoms with Crippen molar-refractivity contribution < 1.29 is 9.59 Å². The van der Waals surface area contributed by atoms with Gasteiger partial charge < -0.3 is 16.4 Å². The first kappa shape index (κ1) is 13.0. The molecule has 4 N–H and O–H groups in total. The Kier molecular flexibility index (Phi) is 4.51. The molecular formula is C12H17N3O2. The van der Waals surface area contributed by atoms with Gasteiger partial charge in [0.05, 0.1) is 0 Å². The predicted octanol–water partition coefficient (Wildman–Crippen LogP) is 1.63. The molecule has 5 heteroatoms. The molecule has 0 fully saturated rings. The fraction of sp³-hybridized carbons (Fsp3) is 0.333. The molecule has 1 aromatic carbocycles. The first-order chi connectivity index (χ1) is 8.06. The molecule has 1 rings (SSSR count). The van der Waals surface area contributed by atoms with Gasteiger partial charge in [-0.15, -0.1) is 0 Å². The molecule has 0 aliphatic carbocycles. The number of amides is 3. The molecule has 0 unspecified atom stereocenters. The van der Waals surface area contributed by atoms with E-state index in [0.29, 0.717) is 23.4 Å². The highest BCUT2D eigenvalue weighted by atomic mass is 16.2. The maximum Gasteiger partial charge on any atom is 0.319 e. The second-order valence-corrected chi connectivity index (χ2v) is 3.72. The zero-order valence-electron chi connectivity index (χ0n) is 10.0. The summed E-state index contributed by atoms with van der Waals surface area (Å²) in [5, 5.41) is 5.37. The summed E-state index contributed by atoms with van der Waals surface area (Å²) in [6, 6.07) is 4.76. The highest BCUT2D eigenvalue weighted by Crippen LogP contribution is 2.18. The third kappa shape index (κ3) is 3.48. The smallest absolute Gasteiger partial charge is 0.319 e. The van der Waals surface area contributed by atoms with Crippen LogP contribution < -0.4 is 16.4 Å². The predicted molar refractivity (Wildman–Crippen MR) is 67.0 cm³/mol. The van der Waals surface area contributed by atoms with E-state index in [4.69, 9.17) is 5.73 Å². The van der Waals surface area contributed by atoms with Crippen LogP contribution in [0.25, 0.3) is 0 Å². The van der Waals surface area contributed by atoms with E-state index in [1.54, 1.807) is 25.1 Å². The van der Waals surface area contributed by atoms with E-state index < -0.39 is 5.91 Å². The van der Waals surface area contributed by atoms with Crippen molar-refractivity contribution in [3.63, 3.8) is 0 Å². The number of rotatable bonds is 4. The van der Waals surface area contributed by atoms with Gasteiger partial charge in [0.15, 0.2) is 0 Å². The number of hydrogen-bond acceptors (Lipinski definition) is 2. The summed E-state index contributed by atoms with van der Waals surface area (Å²) >= 11 is 0. The standard InChI is InChI=1S/C12H17N3O2/c1-3-7-14-12(17)15-10-6-4-5-9(8(10)2)11(13)16/h4-6H,3,7H2,1-2H3,(H2,13,16)(H2,14,15,17). The lowest BCUT2D eigenvalue weighted by molar-refractivity contribution is 0.0999. The Hall–Kier alpha value is -2.04. The first-order valence-corrected chi connectivity index (χ1v) is 5.50. The molecule has 0 aromatic heterocycles. The first-order valence-electron chi connectivity index (χ1n) is 5.50. The normalized spacial score (nSPS) is 9.76. The summed E-state index contributed by atoms with van der Waals surface area (Å²) in [4.78, 5) is 22.6. The van der Waals surface area contributed by atoms with E-state index in [9.17, 15) is 9.59 Å². The van der Waals surface area contributed by atoms with E-state index in [2.05, 4.69) is 10.6 Å². The zero-order valence-corrected chi connectivity index (χ0v) is 10.0. The van der Waals surface area contributed by atoms with E-state index in [0.717, 1.165) is 6.42 Å². The highest BCUT2D eigenvalue weighted by Gasteiger charge is 2.09. The van der Waals surface area contributed by atoms with Crippen molar-refractivity contribution >= 4 is 17.6 Å². The molecule has 17 heavy (non-hydrogen) atoms. The minimum absolute atomic E-state index is 0.281. The van der Waals surface area contributed by atoms with E-state index >= 15 is 0 Å².